The van der Waals surface area contributed by atoms with Gasteiger partial charge in [-0.25, -0.2) is 0 Å². The molecular weight excluding hydrogens is 308 g/mol. The van der Waals surface area contributed by atoms with Crippen LogP contribution in [0, 0.1) is 0 Å². The van der Waals surface area contributed by atoms with Gasteiger partial charge in [-0.1, -0.05) is 60.2 Å². The summed E-state index contributed by atoms with van der Waals surface area (Å²) in [5.74, 6) is 0.308. The van der Waals surface area contributed by atoms with E-state index in [1.54, 1.807) is 0 Å². The number of rotatable bonds is 2. The van der Waals surface area contributed by atoms with E-state index in [2.05, 4.69) is 61.6 Å². The van der Waals surface area contributed by atoms with E-state index >= 15 is 0 Å². The zero-order valence-electron chi connectivity index (χ0n) is 15.0. The van der Waals surface area contributed by atoms with E-state index < -0.39 is 5.41 Å². The number of benzene rings is 2. The van der Waals surface area contributed by atoms with Crippen LogP contribution in [0.2, 0.25) is 0 Å². The first kappa shape index (κ1) is 16.1. The van der Waals surface area contributed by atoms with Crippen LogP contribution in [-0.2, 0) is 10.2 Å². The molecule has 2 aliphatic heterocycles. The fraction of sp³-hybridized carbons (Fsp3) is 0.318. The third kappa shape index (κ3) is 2.19. The minimum Gasteiger partial charge on any atom is -0.314 e. The summed E-state index contributed by atoms with van der Waals surface area (Å²) in [6.45, 7) is 4.99. The van der Waals surface area contributed by atoms with Gasteiger partial charge in [-0.3, -0.25) is 4.79 Å². The van der Waals surface area contributed by atoms with E-state index in [0.29, 0.717) is 0 Å². The number of carbonyl (C=O) groups excluding carboxylic acids is 1. The Balaban J connectivity index is 1.98. The molecule has 128 valence electrons. The number of likely N-dealkylation sites (N-methyl/N-ethyl adjacent to an activating group) is 1. The molecule has 1 fully saturated rings. The standard InChI is InChI=1S/C22H24N2O/c1-15(2)13-20-22(18(14-23-20)16-9-5-4-6-10-16)17-11-7-8-12-19(17)24(3)21(22)25/h4-13,18,20,23H,14H2,1-3H3. The molecule has 2 heterocycles. The van der Waals surface area contributed by atoms with Crippen molar-refractivity contribution in [2.75, 3.05) is 18.5 Å². The first-order valence-electron chi connectivity index (χ1n) is 8.88. The van der Waals surface area contributed by atoms with Crippen molar-refractivity contribution in [2.24, 2.45) is 0 Å². The Hall–Kier alpha value is -2.39. The van der Waals surface area contributed by atoms with E-state index in [1.165, 1.54) is 11.1 Å². The number of amides is 1. The summed E-state index contributed by atoms with van der Waals surface area (Å²) in [7, 11) is 1.90. The van der Waals surface area contributed by atoms with Gasteiger partial charge in [0.25, 0.3) is 0 Å². The maximum absolute atomic E-state index is 13.6. The number of para-hydroxylation sites is 1. The van der Waals surface area contributed by atoms with Crippen LogP contribution in [0.15, 0.2) is 66.2 Å². The van der Waals surface area contributed by atoms with Crippen molar-refractivity contribution < 1.29 is 4.79 Å². The molecule has 25 heavy (non-hydrogen) atoms. The Kier molecular flexibility index (Phi) is 3.77. The minimum atomic E-state index is -0.579. The maximum Gasteiger partial charge on any atom is 0.240 e. The van der Waals surface area contributed by atoms with Crippen LogP contribution in [-0.4, -0.2) is 25.5 Å². The van der Waals surface area contributed by atoms with Gasteiger partial charge in [0.1, 0.15) is 5.41 Å². The Morgan fingerprint density at radius 2 is 1.80 bits per heavy atom. The van der Waals surface area contributed by atoms with Gasteiger partial charge in [0, 0.05) is 31.2 Å². The molecule has 1 saturated heterocycles. The van der Waals surface area contributed by atoms with E-state index in [-0.39, 0.29) is 17.9 Å². The average molecular weight is 332 g/mol. The smallest absolute Gasteiger partial charge is 0.240 e. The van der Waals surface area contributed by atoms with Gasteiger partial charge in [-0.15, -0.1) is 0 Å². The molecule has 3 nitrogen and oxygen atoms in total. The van der Waals surface area contributed by atoms with Crippen LogP contribution in [0.3, 0.4) is 0 Å². The molecule has 2 aromatic rings. The molecule has 3 atom stereocenters. The predicted molar refractivity (Wildman–Crippen MR) is 102 cm³/mol. The van der Waals surface area contributed by atoms with Crippen molar-refractivity contribution in [2.45, 2.75) is 31.2 Å². The summed E-state index contributed by atoms with van der Waals surface area (Å²) in [5, 5.41) is 3.64. The fourth-order valence-corrected chi connectivity index (χ4v) is 4.63. The summed E-state index contributed by atoms with van der Waals surface area (Å²) in [6, 6.07) is 18.7. The number of hydrogen-bond acceptors (Lipinski definition) is 2. The second-order valence-electron chi connectivity index (χ2n) is 7.34. The van der Waals surface area contributed by atoms with Crippen LogP contribution in [0.5, 0.6) is 0 Å². The van der Waals surface area contributed by atoms with Crippen molar-refractivity contribution in [3.05, 3.63) is 77.4 Å². The lowest BCUT2D eigenvalue weighted by Gasteiger charge is -2.34. The van der Waals surface area contributed by atoms with Gasteiger partial charge >= 0.3 is 0 Å². The molecule has 3 heteroatoms. The van der Waals surface area contributed by atoms with Gasteiger partial charge in [0.2, 0.25) is 5.91 Å². The summed E-state index contributed by atoms with van der Waals surface area (Å²) in [4.78, 5) is 15.5. The molecule has 0 saturated carbocycles. The number of hydrogen-bond donors (Lipinski definition) is 1. The van der Waals surface area contributed by atoms with Crippen molar-refractivity contribution in [1.82, 2.24) is 5.32 Å². The van der Waals surface area contributed by atoms with Crippen LogP contribution >= 0.6 is 0 Å². The van der Waals surface area contributed by atoms with Gasteiger partial charge in [0.15, 0.2) is 0 Å². The largest absolute Gasteiger partial charge is 0.314 e. The molecule has 1 N–H and O–H groups in total. The second kappa shape index (κ2) is 5.85. The molecule has 0 aliphatic carbocycles. The van der Waals surface area contributed by atoms with E-state index in [0.717, 1.165) is 17.8 Å². The van der Waals surface area contributed by atoms with Crippen LogP contribution in [0.25, 0.3) is 0 Å². The third-order valence-electron chi connectivity index (χ3n) is 5.65. The molecule has 2 aromatic carbocycles. The van der Waals surface area contributed by atoms with E-state index in [4.69, 9.17) is 0 Å². The van der Waals surface area contributed by atoms with E-state index in [9.17, 15) is 4.79 Å². The van der Waals surface area contributed by atoms with Crippen LogP contribution in [0.1, 0.15) is 30.9 Å². The highest BCUT2D eigenvalue weighted by Gasteiger charge is 2.61. The lowest BCUT2D eigenvalue weighted by Crippen LogP contribution is -2.49. The first-order valence-corrected chi connectivity index (χ1v) is 8.88. The van der Waals surface area contributed by atoms with Crippen molar-refractivity contribution in [3.63, 3.8) is 0 Å². The average Bonchev–Trinajstić information content (AvgIpc) is 3.09. The quantitative estimate of drug-likeness (QED) is 0.852. The van der Waals surface area contributed by atoms with Gasteiger partial charge in [-0.2, -0.15) is 0 Å². The molecule has 4 rings (SSSR count). The Labute approximate surface area is 149 Å². The number of allylic oxidation sites excluding steroid dienone is 1. The highest BCUT2D eigenvalue weighted by molar-refractivity contribution is 6.09. The number of nitrogens with one attached hydrogen (secondary N) is 1. The zero-order chi connectivity index (χ0) is 17.6. The highest BCUT2D eigenvalue weighted by atomic mass is 16.2. The Morgan fingerprint density at radius 3 is 2.52 bits per heavy atom. The lowest BCUT2D eigenvalue weighted by atomic mass is 9.66. The monoisotopic (exact) mass is 332 g/mol. The van der Waals surface area contributed by atoms with Crippen LogP contribution < -0.4 is 10.2 Å². The SMILES string of the molecule is CC(C)=CC1NCC(c2ccccc2)C12C(=O)N(C)c1ccccc12. The van der Waals surface area contributed by atoms with Crippen molar-refractivity contribution >= 4 is 11.6 Å². The van der Waals surface area contributed by atoms with Gasteiger partial charge in [-0.05, 0) is 31.0 Å². The number of fused-ring (bicyclic) bond motifs is 2. The van der Waals surface area contributed by atoms with Crippen molar-refractivity contribution in [3.8, 4) is 0 Å². The highest BCUT2D eigenvalue weighted by Crippen LogP contribution is 2.54. The minimum absolute atomic E-state index is 0.00121. The molecule has 1 amide bonds. The maximum atomic E-state index is 13.6. The zero-order valence-corrected chi connectivity index (χ0v) is 15.0. The summed E-state index contributed by atoms with van der Waals surface area (Å²) in [6.07, 6.45) is 2.22. The fourth-order valence-electron chi connectivity index (χ4n) is 4.63. The molecule has 0 radical (unpaired) electrons. The normalized spacial score (nSPS) is 27.6. The topological polar surface area (TPSA) is 32.3 Å². The second-order valence-corrected chi connectivity index (χ2v) is 7.34. The van der Waals surface area contributed by atoms with Crippen LogP contribution in [0.4, 0.5) is 5.69 Å². The molecule has 0 aromatic heterocycles. The number of nitrogens with zero attached hydrogens (tertiary/aromatic N) is 1. The predicted octanol–water partition coefficient (Wildman–Crippen LogP) is 3.62. The molecular formula is C22H24N2O. The lowest BCUT2D eigenvalue weighted by molar-refractivity contribution is -0.123. The Bertz CT molecular complexity index is 838. The first-order chi connectivity index (χ1) is 12.1. The summed E-state index contributed by atoms with van der Waals surface area (Å²) >= 11 is 0. The molecule has 2 aliphatic rings. The van der Waals surface area contributed by atoms with Gasteiger partial charge < -0.3 is 10.2 Å². The van der Waals surface area contributed by atoms with Crippen molar-refractivity contribution in [1.29, 1.82) is 0 Å². The molecule has 1 spiro atoms. The van der Waals surface area contributed by atoms with Gasteiger partial charge in [0.05, 0.1) is 0 Å². The molecule has 0 bridgehead atoms. The molecule has 3 unspecified atom stereocenters. The number of anilines is 1. The summed E-state index contributed by atoms with van der Waals surface area (Å²) in [5.41, 5.74) is 4.04. The summed E-state index contributed by atoms with van der Waals surface area (Å²) < 4.78 is 0. The van der Waals surface area contributed by atoms with E-state index in [1.807, 2.05) is 30.1 Å². The number of carbonyl (C=O) groups is 1. The Morgan fingerprint density at radius 1 is 1.12 bits per heavy atom. The third-order valence-corrected chi connectivity index (χ3v) is 5.65.